The number of aliphatic hydroxyl groups is 1. The summed E-state index contributed by atoms with van der Waals surface area (Å²) in [5, 5.41) is 12.6. The van der Waals surface area contributed by atoms with Crippen LogP contribution in [-0.4, -0.2) is 56.4 Å². The van der Waals surface area contributed by atoms with E-state index in [4.69, 9.17) is 4.74 Å². The monoisotopic (exact) mass is 397 g/mol. The van der Waals surface area contributed by atoms with Gasteiger partial charge in [-0.25, -0.2) is 0 Å². The van der Waals surface area contributed by atoms with Gasteiger partial charge in [-0.1, -0.05) is 0 Å². The van der Waals surface area contributed by atoms with E-state index in [2.05, 4.69) is 20.5 Å². The summed E-state index contributed by atoms with van der Waals surface area (Å²) >= 11 is 0. The molecule has 5 rings (SSSR count). The first-order valence-electron chi connectivity index (χ1n) is 11.0. The molecule has 1 aliphatic carbocycles. The minimum atomic E-state index is -0.766. The van der Waals surface area contributed by atoms with Crippen molar-refractivity contribution in [2.24, 2.45) is 5.92 Å². The van der Waals surface area contributed by atoms with Gasteiger partial charge < -0.3 is 19.3 Å². The summed E-state index contributed by atoms with van der Waals surface area (Å²) < 4.78 is 7.58. The average Bonchev–Trinajstić information content (AvgIpc) is 3.26. The Kier molecular flexibility index (Phi) is 4.87. The van der Waals surface area contributed by atoms with Gasteiger partial charge >= 0.3 is 0 Å². The van der Waals surface area contributed by atoms with E-state index in [1.165, 1.54) is 0 Å². The van der Waals surface area contributed by atoms with Crippen LogP contribution in [0.2, 0.25) is 0 Å². The number of rotatable bonds is 4. The maximum absolute atomic E-state index is 13.3. The van der Waals surface area contributed by atoms with Crippen molar-refractivity contribution in [1.82, 2.24) is 14.5 Å². The average molecular weight is 398 g/mol. The van der Waals surface area contributed by atoms with Gasteiger partial charge in [0.25, 0.3) is 0 Å². The fourth-order valence-corrected chi connectivity index (χ4v) is 6.05. The lowest BCUT2D eigenvalue weighted by atomic mass is 9.82. The molecule has 2 aromatic heterocycles. The van der Waals surface area contributed by atoms with Gasteiger partial charge in [-0.15, -0.1) is 0 Å². The van der Waals surface area contributed by atoms with Crippen LogP contribution in [0, 0.1) is 5.92 Å². The third-order valence-electron chi connectivity index (χ3n) is 7.50. The molecule has 2 saturated heterocycles. The third kappa shape index (κ3) is 3.46. The molecule has 2 aliphatic heterocycles. The Morgan fingerprint density at radius 1 is 1.17 bits per heavy atom. The summed E-state index contributed by atoms with van der Waals surface area (Å²) in [6.45, 7) is 0.566. The van der Waals surface area contributed by atoms with Crippen LogP contribution in [-0.2, 0) is 16.1 Å². The number of hydrogen-bond donors (Lipinski definition) is 1. The quantitative estimate of drug-likeness (QED) is 0.861. The molecule has 6 heteroatoms. The number of piperidine rings is 1. The van der Waals surface area contributed by atoms with E-state index >= 15 is 0 Å². The van der Waals surface area contributed by atoms with E-state index in [1.807, 2.05) is 18.5 Å². The first-order chi connectivity index (χ1) is 14.1. The number of carbonyl (C=O) groups excluding carboxylic acids is 1. The number of nitrogens with zero attached hydrogens (tertiary/aromatic N) is 3. The number of carbonyl (C=O) groups is 1. The zero-order valence-corrected chi connectivity index (χ0v) is 17.2. The lowest BCUT2D eigenvalue weighted by molar-refractivity contribution is -0.148. The van der Waals surface area contributed by atoms with E-state index < -0.39 is 5.60 Å². The minimum absolute atomic E-state index is 0.134. The fourth-order valence-electron chi connectivity index (χ4n) is 6.05. The van der Waals surface area contributed by atoms with Gasteiger partial charge in [0, 0.05) is 42.9 Å². The van der Waals surface area contributed by atoms with Gasteiger partial charge in [0.05, 0.1) is 30.0 Å². The van der Waals surface area contributed by atoms with E-state index in [1.54, 1.807) is 13.3 Å². The largest absolute Gasteiger partial charge is 0.388 e. The first kappa shape index (κ1) is 19.1. The fraction of sp³-hybridized carbons (Fsp3) is 0.652. The summed E-state index contributed by atoms with van der Waals surface area (Å²) in [5.74, 6) is 0.458. The maximum atomic E-state index is 13.3. The van der Waals surface area contributed by atoms with Crippen molar-refractivity contribution in [3.63, 3.8) is 0 Å². The summed E-state index contributed by atoms with van der Waals surface area (Å²) in [6.07, 6.45) is 13.2. The van der Waals surface area contributed by atoms with E-state index in [0.717, 1.165) is 49.4 Å². The van der Waals surface area contributed by atoms with Crippen molar-refractivity contribution < 1.29 is 14.6 Å². The van der Waals surface area contributed by atoms with E-state index in [0.29, 0.717) is 31.4 Å². The summed E-state index contributed by atoms with van der Waals surface area (Å²) in [4.78, 5) is 19.7. The van der Waals surface area contributed by atoms with Crippen LogP contribution in [0.5, 0.6) is 0 Å². The minimum Gasteiger partial charge on any atom is -0.388 e. The van der Waals surface area contributed by atoms with Gasteiger partial charge in [-0.05, 0) is 63.5 Å². The first-order valence-corrected chi connectivity index (χ1v) is 11.0. The van der Waals surface area contributed by atoms with Gasteiger partial charge in [-0.3, -0.25) is 9.78 Å². The molecule has 1 amide bonds. The number of aromatic nitrogens is 2. The number of pyridine rings is 1. The molecule has 6 nitrogen and oxygen atoms in total. The molecule has 3 aliphatic rings. The molecule has 0 radical (unpaired) electrons. The van der Waals surface area contributed by atoms with E-state index in [-0.39, 0.29) is 18.0 Å². The van der Waals surface area contributed by atoms with Gasteiger partial charge in [-0.2, -0.15) is 0 Å². The molecule has 4 heterocycles. The van der Waals surface area contributed by atoms with Crippen molar-refractivity contribution in [2.45, 2.75) is 81.7 Å². The molecule has 2 aromatic rings. The van der Waals surface area contributed by atoms with Gasteiger partial charge in [0.1, 0.15) is 0 Å². The predicted molar refractivity (Wildman–Crippen MR) is 110 cm³/mol. The highest BCUT2D eigenvalue weighted by Crippen LogP contribution is 2.43. The Bertz CT molecular complexity index is 872. The van der Waals surface area contributed by atoms with Crippen LogP contribution in [0.3, 0.4) is 0 Å². The Balaban J connectivity index is 1.29. The van der Waals surface area contributed by atoms with Crippen LogP contribution in [0.4, 0.5) is 0 Å². The number of methoxy groups -OCH3 is 1. The third-order valence-corrected chi connectivity index (χ3v) is 7.50. The van der Waals surface area contributed by atoms with Crippen molar-refractivity contribution in [3.05, 3.63) is 30.7 Å². The SMILES string of the molecule is COC1CCC(C(=O)N2[C@@H]3CC[C@@H]2CC(O)(Cn2ccc4ccncc42)C3)CC1. The second-order valence-electron chi connectivity index (χ2n) is 9.35. The van der Waals surface area contributed by atoms with Crippen LogP contribution < -0.4 is 0 Å². The molecule has 2 atom stereocenters. The van der Waals surface area contributed by atoms with Crippen molar-refractivity contribution in [1.29, 1.82) is 0 Å². The standard InChI is InChI=1S/C23H31N3O3/c1-29-20-6-2-17(3-7-20)22(27)26-18-4-5-19(26)13-23(28,12-18)15-25-11-9-16-8-10-24-14-21(16)25/h8-11,14,17-20,28H,2-7,12-13,15H2,1H3/t17?,18-,19-,20?/m1/s1. The summed E-state index contributed by atoms with van der Waals surface area (Å²) in [7, 11) is 1.77. The van der Waals surface area contributed by atoms with Crippen LogP contribution in [0.15, 0.2) is 30.7 Å². The number of ether oxygens (including phenoxy) is 1. The number of hydrogen-bond acceptors (Lipinski definition) is 4. The molecule has 1 N–H and O–H groups in total. The molecular weight excluding hydrogens is 366 g/mol. The summed E-state index contributed by atoms with van der Waals surface area (Å²) in [6, 6.07) is 4.42. The Labute approximate surface area is 171 Å². The Hall–Kier alpha value is -1.92. The highest BCUT2D eigenvalue weighted by molar-refractivity contribution is 5.80. The van der Waals surface area contributed by atoms with Gasteiger partial charge in [0.2, 0.25) is 5.91 Å². The number of fused-ring (bicyclic) bond motifs is 3. The van der Waals surface area contributed by atoms with Crippen LogP contribution >= 0.6 is 0 Å². The number of amides is 1. The molecule has 0 unspecified atom stereocenters. The lowest BCUT2D eigenvalue weighted by Gasteiger charge is -2.45. The molecule has 156 valence electrons. The van der Waals surface area contributed by atoms with Crippen molar-refractivity contribution in [3.8, 4) is 0 Å². The molecule has 0 aromatic carbocycles. The Morgan fingerprint density at radius 3 is 2.59 bits per heavy atom. The Morgan fingerprint density at radius 2 is 1.90 bits per heavy atom. The van der Waals surface area contributed by atoms with E-state index in [9.17, 15) is 9.90 Å². The smallest absolute Gasteiger partial charge is 0.226 e. The molecule has 2 bridgehead atoms. The topological polar surface area (TPSA) is 67.6 Å². The second kappa shape index (κ2) is 7.40. The molecule has 1 saturated carbocycles. The molecule has 0 spiro atoms. The zero-order valence-electron chi connectivity index (χ0n) is 17.2. The zero-order chi connectivity index (χ0) is 20.0. The van der Waals surface area contributed by atoms with Crippen molar-refractivity contribution >= 4 is 16.8 Å². The highest BCUT2D eigenvalue weighted by atomic mass is 16.5. The highest BCUT2D eigenvalue weighted by Gasteiger charge is 2.50. The molecule has 3 fully saturated rings. The normalized spacial score (nSPS) is 34.6. The van der Waals surface area contributed by atoms with Crippen LogP contribution in [0.25, 0.3) is 10.9 Å². The second-order valence-corrected chi connectivity index (χ2v) is 9.35. The summed E-state index contributed by atoms with van der Waals surface area (Å²) in [5.41, 5.74) is 0.291. The van der Waals surface area contributed by atoms with Gasteiger partial charge in [0.15, 0.2) is 0 Å². The van der Waals surface area contributed by atoms with Crippen LogP contribution in [0.1, 0.15) is 51.4 Å². The lowest BCUT2D eigenvalue weighted by Crippen LogP contribution is -2.56. The maximum Gasteiger partial charge on any atom is 0.226 e. The molecular formula is C23H31N3O3. The van der Waals surface area contributed by atoms with Crippen molar-refractivity contribution in [2.75, 3.05) is 7.11 Å². The predicted octanol–water partition coefficient (Wildman–Crippen LogP) is 3.13. The molecule has 29 heavy (non-hydrogen) atoms.